The Bertz CT molecular complexity index is 198. The summed E-state index contributed by atoms with van der Waals surface area (Å²) < 4.78 is 0. The highest BCUT2D eigenvalue weighted by molar-refractivity contribution is 5.01. The monoisotopic (exact) mass is 198 g/mol. The van der Waals surface area contributed by atoms with E-state index in [1.807, 2.05) is 0 Å². The van der Waals surface area contributed by atoms with E-state index in [1.165, 1.54) is 19.3 Å². The van der Waals surface area contributed by atoms with E-state index in [9.17, 15) is 0 Å². The van der Waals surface area contributed by atoms with Gasteiger partial charge in [-0.15, -0.1) is 0 Å². The number of nitrogens with zero attached hydrogens (tertiary/aromatic N) is 1. The Morgan fingerprint density at radius 2 is 1.86 bits per heavy atom. The summed E-state index contributed by atoms with van der Waals surface area (Å²) in [6.45, 7) is 10.0. The number of hydrogen-bond donors (Lipinski definition) is 1. The predicted octanol–water partition coefficient (Wildman–Crippen LogP) is 2.23. The molecule has 1 saturated carbocycles. The number of hydrogen-bond acceptors (Lipinski definition) is 2. The second-order valence-corrected chi connectivity index (χ2v) is 5.97. The molecule has 1 aliphatic rings. The lowest BCUT2D eigenvalue weighted by Crippen LogP contribution is -2.53. The molecule has 0 aromatic carbocycles. The van der Waals surface area contributed by atoms with Crippen molar-refractivity contribution in [3.8, 4) is 0 Å². The molecular formula is C12H26N2. The minimum absolute atomic E-state index is 0.262. The van der Waals surface area contributed by atoms with Crippen LogP contribution in [0.1, 0.15) is 47.0 Å². The molecule has 84 valence electrons. The topological polar surface area (TPSA) is 29.3 Å². The van der Waals surface area contributed by atoms with Gasteiger partial charge < -0.3 is 5.73 Å². The fourth-order valence-electron chi connectivity index (χ4n) is 2.81. The highest BCUT2D eigenvalue weighted by Crippen LogP contribution is 2.46. The first-order valence-corrected chi connectivity index (χ1v) is 5.76. The van der Waals surface area contributed by atoms with Gasteiger partial charge in [-0.05, 0) is 45.6 Å². The largest absolute Gasteiger partial charge is 0.329 e. The molecule has 0 aromatic heterocycles. The Balaban J connectivity index is 2.79. The molecule has 1 unspecified atom stereocenters. The number of rotatable bonds is 3. The van der Waals surface area contributed by atoms with Crippen molar-refractivity contribution in [2.24, 2.45) is 11.1 Å². The average Bonchev–Trinajstić information content (AvgIpc) is 2.41. The summed E-state index contributed by atoms with van der Waals surface area (Å²) in [6, 6.07) is 0.590. The van der Waals surface area contributed by atoms with Gasteiger partial charge in [-0.1, -0.05) is 13.8 Å². The fraction of sp³-hybridized carbons (Fsp3) is 1.00. The molecule has 1 aliphatic carbocycles. The van der Waals surface area contributed by atoms with Crippen molar-refractivity contribution in [3.63, 3.8) is 0 Å². The molecule has 2 nitrogen and oxygen atoms in total. The zero-order valence-electron chi connectivity index (χ0n) is 10.4. The maximum absolute atomic E-state index is 5.99. The van der Waals surface area contributed by atoms with Crippen LogP contribution in [0.4, 0.5) is 0 Å². The van der Waals surface area contributed by atoms with Crippen LogP contribution >= 0.6 is 0 Å². The van der Waals surface area contributed by atoms with Gasteiger partial charge in [0.15, 0.2) is 0 Å². The van der Waals surface area contributed by atoms with Gasteiger partial charge in [0.25, 0.3) is 0 Å². The van der Waals surface area contributed by atoms with Crippen LogP contribution in [0, 0.1) is 5.41 Å². The van der Waals surface area contributed by atoms with Crippen LogP contribution < -0.4 is 5.73 Å². The molecule has 0 heterocycles. The minimum atomic E-state index is 0.262. The van der Waals surface area contributed by atoms with Gasteiger partial charge in [0.2, 0.25) is 0 Å². The molecule has 0 aromatic rings. The summed E-state index contributed by atoms with van der Waals surface area (Å²) in [5.41, 5.74) is 6.72. The lowest BCUT2D eigenvalue weighted by Gasteiger charge is -2.41. The molecule has 0 saturated heterocycles. The highest BCUT2D eigenvalue weighted by Gasteiger charge is 2.45. The summed E-state index contributed by atoms with van der Waals surface area (Å²) in [7, 11) is 2.22. The third-order valence-electron chi connectivity index (χ3n) is 3.98. The van der Waals surface area contributed by atoms with E-state index in [1.54, 1.807) is 0 Å². The van der Waals surface area contributed by atoms with Crippen molar-refractivity contribution in [1.82, 2.24) is 4.90 Å². The van der Waals surface area contributed by atoms with E-state index in [4.69, 9.17) is 5.73 Å². The summed E-state index contributed by atoms with van der Waals surface area (Å²) >= 11 is 0. The highest BCUT2D eigenvalue weighted by atomic mass is 15.2. The van der Waals surface area contributed by atoms with Crippen molar-refractivity contribution in [2.75, 3.05) is 13.6 Å². The Morgan fingerprint density at radius 1 is 1.29 bits per heavy atom. The molecular weight excluding hydrogens is 172 g/mol. The van der Waals surface area contributed by atoms with Crippen LogP contribution in [0.25, 0.3) is 0 Å². The van der Waals surface area contributed by atoms with Gasteiger partial charge in [-0.2, -0.15) is 0 Å². The third kappa shape index (κ3) is 2.12. The Hall–Kier alpha value is -0.0800. The molecule has 1 atom stereocenters. The molecule has 1 fully saturated rings. The molecule has 14 heavy (non-hydrogen) atoms. The maximum atomic E-state index is 5.99. The lowest BCUT2D eigenvalue weighted by molar-refractivity contribution is 0.0875. The van der Waals surface area contributed by atoms with Crippen molar-refractivity contribution < 1.29 is 0 Å². The van der Waals surface area contributed by atoms with Gasteiger partial charge in [0, 0.05) is 18.1 Å². The molecule has 0 spiro atoms. The lowest BCUT2D eigenvalue weighted by atomic mass is 9.86. The maximum Gasteiger partial charge on any atom is 0.0336 e. The molecule has 1 rings (SSSR count). The SMILES string of the molecule is CC(C)N(C)C1(CN)CCC(C)(C)C1. The van der Waals surface area contributed by atoms with Gasteiger partial charge in [0.1, 0.15) is 0 Å². The number of likely N-dealkylation sites (N-methyl/N-ethyl adjacent to an activating group) is 1. The van der Waals surface area contributed by atoms with Crippen molar-refractivity contribution in [3.05, 3.63) is 0 Å². The second kappa shape index (κ2) is 3.82. The van der Waals surface area contributed by atoms with Gasteiger partial charge >= 0.3 is 0 Å². The summed E-state index contributed by atoms with van der Waals surface area (Å²) in [5.74, 6) is 0. The van der Waals surface area contributed by atoms with E-state index in [2.05, 4.69) is 39.6 Å². The zero-order chi connectivity index (χ0) is 11.0. The number of nitrogens with two attached hydrogens (primary N) is 1. The summed E-state index contributed by atoms with van der Waals surface area (Å²) in [6.07, 6.45) is 3.80. The predicted molar refractivity (Wildman–Crippen MR) is 62.3 cm³/mol. The first-order chi connectivity index (χ1) is 6.33. The minimum Gasteiger partial charge on any atom is -0.329 e. The Kier molecular flexibility index (Phi) is 3.27. The molecule has 2 N–H and O–H groups in total. The van der Waals surface area contributed by atoms with Crippen LogP contribution in [-0.2, 0) is 0 Å². The Labute approximate surface area is 88.8 Å². The van der Waals surface area contributed by atoms with Crippen molar-refractivity contribution >= 4 is 0 Å². The van der Waals surface area contributed by atoms with Crippen LogP contribution in [0.15, 0.2) is 0 Å². The zero-order valence-corrected chi connectivity index (χ0v) is 10.4. The van der Waals surface area contributed by atoms with Crippen LogP contribution in [0.3, 0.4) is 0 Å². The fourth-order valence-corrected chi connectivity index (χ4v) is 2.81. The second-order valence-electron chi connectivity index (χ2n) is 5.97. The van der Waals surface area contributed by atoms with Gasteiger partial charge in [0.05, 0.1) is 0 Å². The molecule has 0 amide bonds. The molecule has 2 heteroatoms. The normalized spacial score (nSPS) is 31.7. The molecule has 0 bridgehead atoms. The first-order valence-electron chi connectivity index (χ1n) is 5.76. The van der Waals surface area contributed by atoms with Gasteiger partial charge in [-0.3, -0.25) is 4.90 Å². The van der Waals surface area contributed by atoms with Crippen molar-refractivity contribution in [1.29, 1.82) is 0 Å². The van der Waals surface area contributed by atoms with Crippen LogP contribution in [0.5, 0.6) is 0 Å². The third-order valence-corrected chi connectivity index (χ3v) is 3.98. The smallest absolute Gasteiger partial charge is 0.0336 e. The Morgan fingerprint density at radius 3 is 2.14 bits per heavy atom. The molecule has 0 radical (unpaired) electrons. The van der Waals surface area contributed by atoms with E-state index < -0.39 is 0 Å². The van der Waals surface area contributed by atoms with Crippen LogP contribution in [0.2, 0.25) is 0 Å². The van der Waals surface area contributed by atoms with E-state index in [-0.39, 0.29) is 5.54 Å². The van der Waals surface area contributed by atoms with E-state index in [0.29, 0.717) is 11.5 Å². The quantitative estimate of drug-likeness (QED) is 0.753. The standard InChI is InChI=1S/C12H26N2/c1-10(2)14(5)12(9-13)7-6-11(3,4)8-12/h10H,6-9,13H2,1-5H3. The van der Waals surface area contributed by atoms with E-state index >= 15 is 0 Å². The summed E-state index contributed by atoms with van der Waals surface area (Å²) in [5, 5.41) is 0. The molecule has 0 aliphatic heterocycles. The van der Waals surface area contributed by atoms with Crippen LogP contribution in [-0.4, -0.2) is 30.1 Å². The average molecular weight is 198 g/mol. The summed E-state index contributed by atoms with van der Waals surface area (Å²) in [4.78, 5) is 2.47. The van der Waals surface area contributed by atoms with Crippen molar-refractivity contribution in [2.45, 2.75) is 58.5 Å². The van der Waals surface area contributed by atoms with Gasteiger partial charge in [-0.25, -0.2) is 0 Å². The first kappa shape index (κ1) is 12.0. The van der Waals surface area contributed by atoms with E-state index in [0.717, 1.165) is 6.54 Å².